The van der Waals surface area contributed by atoms with Gasteiger partial charge in [-0.1, -0.05) is 289 Å². The number of hydrogen-bond donors (Lipinski definition) is 3. The molecule has 0 aromatic carbocycles. The van der Waals surface area contributed by atoms with E-state index in [0.717, 1.165) is 51.4 Å². The third-order valence-corrected chi connectivity index (χ3v) is 14.3. The van der Waals surface area contributed by atoms with Crippen LogP contribution in [-0.2, 0) is 14.3 Å². The number of allylic oxidation sites excluding steroid dienone is 2. The van der Waals surface area contributed by atoms with Gasteiger partial charge in [-0.15, -0.1) is 0 Å². The van der Waals surface area contributed by atoms with Crippen LogP contribution in [0.25, 0.3) is 0 Å². The first-order valence-electron chi connectivity index (χ1n) is 30.4. The minimum atomic E-state index is -0.670. The molecule has 0 aliphatic carbocycles. The van der Waals surface area contributed by atoms with Crippen molar-refractivity contribution in [3.63, 3.8) is 0 Å². The van der Waals surface area contributed by atoms with Gasteiger partial charge in [0.1, 0.15) is 0 Å². The Hall–Kier alpha value is -1.40. The van der Waals surface area contributed by atoms with Gasteiger partial charge >= 0.3 is 5.97 Å². The number of carbonyl (C=O) groups excluding carboxylic acids is 2. The lowest BCUT2D eigenvalue weighted by Gasteiger charge is -2.22. The molecule has 398 valence electrons. The number of hydrogen-bond acceptors (Lipinski definition) is 5. The van der Waals surface area contributed by atoms with Gasteiger partial charge in [0.25, 0.3) is 0 Å². The van der Waals surface area contributed by atoms with Gasteiger partial charge in [0.05, 0.1) is 25.4 Å². The highest BCUT2D eigenvalue weighted by atomic mass is 16.5. The summed E-state index contributed by atoms with van der Waals surface area (Å²) in [6, 6.07) is -0.548. The summed E-state index contributed by atoms with van der Waals surface area (Å²) in [4.78, 5) is 24.6. The van der Waals surface area contributed by atoms with Crippen molar-refractivity contribution < 1.29 is 24.5 Å². The maximum Gasteiger partial charge on any atom is 0.305 e. The summed E-state index contributed by atoms with van der Waals surface area (Å²) in [5.41, 5.74) is 0. The van der Waals surface area contributed by atoms with Crippen LogP contribution in [0.15, 0.2) is 12.2 Å². The maximum absolute atomic E-state index is 12.5. The molecular formula is C61H119NO5. The summed E-state index contributed by atoms with van der Waals surface area (Å²) in [6.07, 6.45) is 67.8. The maximum atomic E-state index is 12.5. The van der Waals surface area contributed by atoms with E-state index in [9.17, 15) is 19.8 Å². The zero-order chi connectivity index (χ0) is 48.6. The minimum absolute atomic E-state index is 0.00678. The van der Waals surface area contributed by atoms with Gasteiger partial charge in [0.15, 0.2) is 0 Å². The lowest BCUT2D eigenvalue weighted by atomic mass is 10.0. The largest absolute Gasteiger partial charge is 0.466 e. The van der Waals surface area contributed by atoms with Crippen molar-refractivity contribution in [2.45, 2.75) is 353 Å². The monoisotopic (exact) mass is 946 g/mol. The van der Waals surface area contributed by atoms with Crippen molar-refractivity contribution >= 4 is 11.9 Å². The highest BCUT2D eigenvalue weighted by Gasteiger charge is 2.20. The SMILES string of the molecule is CCCCCCC/C=C\CCCCCCCC(=O)OCCCCCCCCCCCCCCCCCC(=O)NC(CO)C(O)CCCCCCCCCCCCCCCCCCCCCCC. The molecule has 0 heterocycles. The molecule has 6 heteroatoms. The van der Waals surface area contributed by atoms with Crippen molar-refractivity contribution in [3.05, 3.63) is 12.2 Å². The molecule has 6 nitrogen and oxygen atoms in total. The lowest BCUT2D eigenvalue weighted by molar-refractivity contribution is -0.143. The standard InChI is InChI=1S/C61H119NO5/c1-3-5-7-9-11-13-15-17-19-20-21-22-23-24-26-29-33-37-41-45-49-53-59(64)58(57-63)62-60(65)54-50-46-42-38-34-30-27-25-28-32-36-40-44-48-52-56-67-61(66)55-51-47-43-39-35-31-18-16-14-12-10-8-6-4-2/h16,18,58-59,63-64H,3-15,17,19-57H2,1-2H3,(H,62,65)/b18-16-. The summed E-state index contributed by atoms with van der Waals surface area (Å²) in [7, 11) is 0. The fourth-order valence-corrected chi connectivity index (χ4v) is 9.64. The first kappa shape index (κ1) is 65.6. The second kappa shape index (κ2) is 57.2. The minimum Gasteiger partial charge on any atom is -0.466 e. The quantitative estimate of drug-likeness (QED) is 0.0321. The van der Waals surface area contributed by atoms with Crippen LogP contribution in [-0.4, -0.2) is 47.4 Å². The molecule has 0 radical (unpaired) electrons. The van der Waals surface area contributed by atoms with Crippen LogP contribution < -0.4 is 5.32 Å². The summed E-state index contributed by atoms with van der Waals surface area (Å²) < 4.78 is 5.47. The Balaban J connectivity index is 3.43. The van der Waals surface area contributed by atoms with Crippen LogP contribution in [0.2, 0.25) is 0 Å². The number of rotatable bonds is 57. The number of amides is 1. The molecule has 67 heavy (non-hydrogen) atoms. The molecule has 0 saturated carbocycles. The van der Waals surface area contributed by atoms with Gasteiger partial charge in [0.2, 0.25) is 5.91 Å². The van der Waals surface area contributed by atoms with E-state index >= 15 is 0 Å². The van der Waals surface area contributed by atoms with Gasteiger partial charge in [-0.05, 0) is 51.4 Å². The molecular weight excluding hydrogens is 827 g/mol. The molecule has 0 spiro atoms. The van der Waals surface area contributed by atoms with Crippen molar-refractivity contribution in [1.29, 1.82) is 0 Å². The fourth-order valence-electron chi connectivity index (χ4n) is 9.64. The van der Waals surface area contributed by atoms with Gasteiger partial charge < -0.3 is 20.3 Å². The Bertz CT molecular complexity index is 1000. The zero-order valence-corrected chi connectivity index (χ0v) is 45.4. The highest BCUT2D eigenvalue weighted by molar-refractivity contribution is 5.76. The van der Waals surface area contributed by atoms with E-state index in [4.69, 9.17) is 4.74 Å². The lowest BCUT2D eigenvalue weighted by Crippen LogP contribution is -2.45. The number of esters is 1. The third-order valence-electron chi connectivity index (χ3n) is 14.3. The molecule has 0 bridgehead atoms. The Morgan fingerprint density at radius 1 is 0.403 bits per heavy atom. The number of nitrogens with one attached hydrogen (secondary N) is 1. The molecule has 0 saturated heterocycles. The molecule has 0 fully saturated rings. The van der Waals surface area contributed by atoms with Gasteiger partial charge in [-0.3, -0.25) is 9.59 Å². The van der Waals surface area contributed by atoms with E-state index in [1.807, 2.05) is 0 Å². The van der Waals surface area contributed by atoms with Crippen LogP contribution in [0.1, 0.15) is 341 Å². The predicted molar refractivity (Wildman–Crippen MR) is 292 cm³/mol. The molecule has 0 aliphatic heterocycles. The number of carbonyl (C=O) groups is 2. The first-order chi connectivity index (χ1) is 33.0. The first-order valence-corrected chi connectivity index (χ1v) is 30.4. The van der Waals surface area contributed by atoms with E-state index in [2.05, 4.69) is 31.3 Å². The molecule has 0 rings (SSSR count). The Morgan fingerprint density at radius 3 is 1.06 bits per heavy atom. The molecule has 1 amide bonds. The van der Waals surface area contributed by atoms with E-state index in [-0.39, 0.29) is 18.5 Å². The van der Waals surface area contributed by atoms with E-state index in [1.165, 1.54) is 257 Å². The number of unbranched alkanes of at least 4 members (excludes halogenated alkanes) is 44. The summed E-state index contributed by atoms with van der Waals surface area (Å²) in [5, 5.41) is 23.4. The van der Waals surface area contributed by atoms with Crippen LogP contribution in [0, 0.1) is 0 Å². The van der Waals surface area contributed by atoms with Gasteiger partial charge in [-0.2, -0.15) is 0 Å². The Kier molecular flexibility index (Phi) is 56.0. The molecule has 2 unspecified atom stereocenters. The number of aliphatic hydroxyl groups excluding tert-OH is 2. The predicted octanol–water partition coefficient (Wildman–Crippen LogP) is 18.9. The van der Waals surface area contributed by atoms with Crippen molar-refractivity contribution in [3.8, 4) is 0 Å². The van der Waals surface area contributed by atoms with Crippen LogP contribution >= 0.6 is 0 Å². The topological polar surface area (TPSA) is 95.9 Å². The van der Waals surface area contributed by atoms with Crippen molar-refractivity contribution in [2.24, 2.45) is 0 Å². The second-order valence-electron chi connectivity index (χ2n) is 21.0. The van der Waals surface area contributed by atoms with E-state index in [0.29, 0.717) is 25.9 Å². The Morgan fingerprint density at radius 2 is 0.701 bits per heavy atom. The summed E-state index contributed by atoms with van der Waals surface area (Å²) >= 11 is 0. The fraction of sp³-hybridized carbons (Fsp3) is 0.934. The highest BCUT2D eigenvalue weighted by Crippen LogP contribution is 2.18. The molecule has 0 aromatic heterocycles. The van der Waals surface area contributed by atoms with Crippen LogP contribution in [0.3, 0.4) is 0 Å². The van der Waals surface area contributed by atoms with E-state index in [1.54, 1.807) is 0 Å². The summed E-state index contributed by atoms with van der Waals surface area (Å²) in [6.45, 7) is 4.95. The van der Waals surface area contributed by atoms with E-state index < -0.39 is 12.1 Å². The molecule has 0 aliphatic rings. The average Bonchev–Trinajstić information content (AvgIpc) is 3.33. The molecule has 0 aromatic rings. The van der Waals surface area contributed by atoms with Crippen LogP contribution in [0.5, 0.6) is 0 Å². The van der Waals surface area contributed by atoms with Gasteiger partial charge in [-0.25, -0.2) is 0 Å². The molecule has 3 N–H and O–H groups in total. The summed E-state index contributed by atoms with van der Waals surface area (Å²) in [5.74, 6) is -0.0468. The van der Waals surface area contributed by atoms with Crippen molar-refractivity contribution in [2.75, 3.05) is 13.2 Å². The number of ether oxygens (including phenoxy) is 1. The smallest absolute Gasteiger partial charge is 0.305 e. The second-order valence-corrected chi connectivity index (χ2v) is 21.0. The van der Waals surface area contributed by atoms with Crippen LogP contribution in [0.4, 0.5) is 0 Å². The Labute approximate surface area is 419 Å². The third kappa shape index (κ3) is 53.8. The zero-order valence-electron chi connectivity index (χ0n) is 45.4. The molecule has 2 atom stereocenters. The number of aliphatic hydroxyl groups is 2. The average molecular weight is 947 g/mol. The van der Waals surface area contributed by atoms with Crippen molar-refractivity contribution in [1.82, 2.24) is 5.32 Å². The normalized spacial score (nSPS) is 12.6. The van der Waals surface area contributed by atoms with Gasteiger partial charge in [0, 0.05) is 12.8 Å².